The molecule has 2 heteroatoms. The first-order valence-electron chi connectivity index (χ1n) is 7.14. The van der Waals surface area contributed by atoms with Crippen molar-refractivity contribution in [2.75, 3.05) is 4.90 Å². The van der Waals surface area contributed by atoms with Crippen molar-refractivity contribution in [3.05, 3.63) is 83.9 Å². The molecule has 0 amide bonds. The normalized spacial score (nSPS) is 12.7. The van der Waals surface area contributed by atoms with Crippen molar-refractivity contribution in [2.45, 2.75) is 6.42 Å². The zero-order valence-corrected chi connectivity index (χ0v) is 11.7. The van der Waals surface area contributed by atoms with Crippen molar-refractivity contribution in [1.82, 2.24) is 0 Å². The van der Waals surface area contributed by atoms with Crippen LogP contribution in [0.3, 0.4) is 0 Å². The van der Waals surface area contributed by atoms with Crippen LogP contribution in [0.25, 0.3) is 0 Å². The fourth-order valence-corrected chi connectivity index (χ4v) is 3.03. The summed E-state index contributed by atoms with van der Waals surface area (Å²) in [4.78, 5) is 2.31. The fraction of sp³-hybridized carbons (Fsp3) is 0.0526. The molecule has 0 aromatic heterocycles. The first kappa shape index (κ1) is 12.3. The maximum absolute atomic E-state index is 5.97. The Kier molecular flexibility index (Phi) is 2.82. The van der Waals surface area contributed by atoms with Crippen LogP contribution >= 0.6 is 0 Å². The van der Waals surface area contributed by atoms with Crippen LogP contribution in [-0.2, 0) is 6.42 Å². The Hall–Kier alpha value is -2.48. The van der Waals surface area contributed by atoms with Crippen LogP contribution < -0.4 is 10.4 Å². The predicted octanol–water partition coefficient (Wildman–Crippen LogP) is 3.85. The quantitative estimate of drug-likeness (QED) is 0.473. The molecule has 0 bridgehead atoms. The van der Waals surface area contributed by atoms with Crippen LogP contribution in [0.5, 0.6) is 0 Å². The minimum atomic E-state index is 0.821. The number of benzene rings is 3. The zero-order chi connectivity index (χ0) is 14.2. The summed E-state index contributed by atoms with van der Waals surface area (Å²) in [6.45, 7) is 0. The lowest BCUT2D eigenvalue weighted by molar-refractivity contribution is 1.09. The standard InChI is InChI=1S/C19H14BN/c20-16-10-11-19-15(13-16)12-14-6-4-5-9-18(14)21(19)17-7-2-1-3-8-17/h1-11,13H,12H2. The third kappa shape index (κ3) is 2.04. The van der Waals surface area contributed by atoms with Gasteiger partial charge in [-0.3, -0.25) is 0 Å². The number of anilines is 3. The minimum absolute atomic E-state index is 0.821. The Morgan fingerprint density at radius 2 is 1.43 bits per heavy atom. The summed E-state index contributed by atoms with van der Waals surface area (Å²) in [5, 5.41) is 0. The van der Waals surface area contributed by atoms with E-state index in [-0.39, 0.29) is 0 Å². The lowest BCUT2D eigenvalue weighted by Gasteiger charge is -2.33. The summed E-state index contributed by atoms with van der Waals surface area (Å²) in [6, 6.07) is 25.2. The van der Waals surface area contributed by atoms with Crippen LogP contribution in [0.1, 0.15) is 11.1 Å². The maximum Gasteiger partial charge on any atom is 0.113 e. The van der Waals surface area contributed by atoms with Crippen molar-refractivity contribution in [3.8, 4) is 0 Å². The molecule has 98 valence electrons. The number of nitrogens with zero attached hydrogens (tertiary/aromatic N) is 1. The molecule has 0 aliphatic carbocycles. The molecule has 0 saturated heterocycles. The van der Waals surface area contributed by atoms with Gasteiger partial charge in [-0.05, 0) is 35.4 Å². The molecule has 0 unspecified atom stereocenters. The van der Waals surface area contributed by atoms with Crippen LogP contribution in [0, 0.1) is 0 Å². The zero-order valence-electron chi connectivity index (χ0n) is 11.7. The monoisotopic (exact) mass is 267 g/mol. The summed E-state index contributed by atoms with van der Waals surface area (Å²) < 4.78 is 0. The van der Waals surface area contributed by atoms with Crippen molar-refractivity contribution < 1.29 is 0 Å². The fourth-order valence-electron chi connectivity index (χ4n) is 3.03. The van der Waals surface area contributed by atoms with E-state index in [0.29, 0.717) is 0 Å². The van der Waals surface area contributed by atoms with Crippen molar-refractivity contribution in [1.29, 1.82) is 0 Å². The smallest absolute Gasteiger partial charge is 0.113 e. The van der Waals surface area contributed by atoms with E-state index in [0.717, 1.165) is 11.9 Å². The number of rotatable bonds is 1. The second-order valence-electron chi connectivity index (χ2n) is 5.36. The van der Waals surface area contributed by atoms with E-state index >= 15 is 0 Å². The molecule has 1 aliphatic heterocycles. The molecule has 0 N–H and O–H groups in total. The molecule has 1 nitrogen and oxygen atoms in total. The molecule has 21 heavy (non-hydrogen) atoms. The molecule has 3 aromatic rings. The third-order valence-corrected chi connectivity index (χ3v) is 3.97. The lowest BCUT2D eigenvalue weighted by Crippen LogP contribution is -2.20. The highest BCUT2D eigenvalue weighted by Gasteiger charge is 2.23. The van der Waals surface area contributed by atoms with Crippen LogP contribution in [-0.4, -0.2) is 7.85 Å². The van der Waals surface area contributed by atoms with Crippen molar-refractivity contribution >= 4 is 30.4 Å². The topological polar surface area (TPSA) is 3.24 Å². The first-order valence-corrected chi connectivity index (χ1v) is 7.14. The number of para-hydroxylation sites is 2. The summed E-state index contributed by atoms with van der Waals surface area (Å²) in [7, 11) is 5.97. The Labute approximate surface area is 126 Å². The van der Waals surface area contributed by atoms with E-state index < -0.39 is 0 Å². The van der Waals surface area contributed by atoms with Gasteiger partial charge in [0.1, 0.15) is 7.85 Å². The van der Waals surface area contributed by atoms with Gasteiger partial charge in [0.25, 0.3) is 0 Å². The highest BCUT2D eigenvalue weighted by atomic mass is 15.2. The van der Waals surface area contributed by atoms with Crippen molar-refractivity contribution in [3.63, 3.8) is 0 Å². The van der Waals surface area contributed by atoms with Gasteiger partial charge in [0.2, 0.25) is 0 Å². The van der Waals surface area contributed by atoms with Gasteiger partial charge in [0, 0.05) is 23.5 Å². The van der Waals surface area contributed by atoms with E-state index in [1.54, 1.807) is 0 Å². The van der Waals surface area contributed by atoms with Gasteiger partial charge in [-0.25, -0.2) is 0 Å². The van der Waals surface area contributed by atoms with Crippen LogP contribution in [0.4, 0.5) is 17.1 Å². The molecule has 1 aliphatic rings. The van der Waals surface area contributed by atoms with Crippen molar-refractivity contribution in [2.24, 2.45) is 0 Å². The van der Waals surface area contributed by atoms with Gasteiger partial charge in [0.15, 0.2) is 0 Å². The second kappa shape index (κ2) is 4.82. The molecule has 0 saturated carbocycles. The molecule has 2 radical (unpaired) electrons. The highest BCUT2D eigenvalue weighted by molar-refractivity contribution is 6.32. The summed E-state index contributed by atoms with van der Waals surface area (Å²) >= 11 is 0. The van der Waals surface area contributed by atoms with Crippen LogP contribution in [0.2, 0.25) is 0 Å². The van der Waals surface area contributed by atoms with Gasteiger partial charge >= 0.3 is 0 Å². The van der Waals surface area contributed by atoms with Gasteiger partial charge in [-0.15, -0.1) is 0 Å². The van der Waals surface area contributed by atoms with Gasteiger partial charge in [-0.1, -0.05) is 54.0 Å². The van der Waals surface area contributed by atoms with Gasteiger partial charge in [-0.2, -0.15) is 0 Å². The second-order valence-corrected chi connectivity index (χ2v) is 5.36. The molecular weight excluding hydrogens is 253 g/mol. The van der Waals surface area contributed by atoms with E-state index in [4.69, 9.17) is 7.85 Å². The Bertz CT molecular complexity index is 796. The minimum Gasteiger partial charge on any atom is -0.310 e. The van der Waals surface area contributed by atoms with E-state index in [1.807, 2.05) is 12.1 Å². The number of fused-ring (bicyclic) bond motifs is 2. The third-order valence-electron chi connectivity index (χ3n) is 3.97. The Balaban J connectivity index is 1.97. The molecular formula is C19H14BN. The summed E-state index contributed by atoms with van der Waals surface area (Å²) in [5.74, 6) is 0. The van der Waals surface area contributed by atoms with Gasteiger partial charge < -0.3 is 4.90 Å². The Morgan fingerprint density at radius 1 is 0.714 bits per heavy atom. The average Bonchev–Trinajstić information content (AvgIpc) is 2.53. The molecule has 0 spiro atoms. The number of hydrogen-bond donors (Lipinski definition) is 0. The molecule has 4 rings (SSSR count). The SMILES string of the molecule is [B]c1ccc2c(c1)Cc1ccccc1N2c1ccccc1. The average molecular weight is 267 g/mol. The largest absolute Gasteiger partial charge is 0.310 e. The molecule has 3 aromatic carbocycles. The highest BCUT2D eigenvalue weighted by Crippen LogP contribution is 2.42. The molecule has 0 fully saturated rings. The van der Waals surface area contributed by atoms with E-state index in [2.05, 4.69) is 65.6 Å². The van der Waals surface area contributed by atoms with E-state index in [9.17, 15) is 0 Å². The predicted molar refractivity (Wildman–Crippen MR) is 89.3 cm³/mol. The first-order chi connectivity index (χ1) is 10.3. The Morgan fingerprint density at radius 3 is 2.29 bits per heavy atom. The molecule has 0 atom stereocenters. The van der Waals surface area contributed by atoms with E-state index in [1.165, 1.54) is 28.2 Å². The van der Waals surface area contributed by atoms with Crippen LogP contribution in [0.15, 0.2) is 72.8 Å². The molecule has 1 heterocycles. The summed E-state index contributed by atoms with van der Waals surface area (Å²) in [6.07, 6.45) is 0.930. The lowest BCUT2D eigenvalue weighted by atomic mass is 9.88. The van der Waals surface area contributed by atoms with Gasteiger partial charge in [0.05, 0.1) is 0 Å². The summed E-state index contributed by atoms with van der Waals surface area (Å²) in [5.41, 5.74) is 7.07. The maximum atomic E-state index is 5.97. The number of hydrogen-bond acceptors (Lipinski definition) is 1.